The largest absolute Gasteiger partial charge is 0.278 e. The van der Waals surface area contributed by atoms with E-state index in [1.807, 2.05) is 13.8 Å². The van der Waals surface area contributed by atoms with Gasteiger partial charge in [-0.1, -0.05) is 37.6 Å². The van der Waals surface area contributed by atoms with Crippen molar-refractivity contribution in [1.29, 1.82) is 0 Å². The molecule has 0 atom stereocenters. The van der Waals surface area contributed by atoms with Crippen LogP contribution in [0.4, 0.5) is 5.69 Å². The van der Waals surface area contributed by atoms with E-state index in [-0.39, 0.29) is 10.1 Å². The summed E-state index contributed by atoms with van der Waals surface area (Å²) in [6.45, 7) is 4.00. The lowest BCUT2D eigenvalue weighted by molar-refractivity contribution is 0.603. The molecule has 1 aromatic carbocycles. The van der Waals surface area contributed by atoms with E-state index in [0.717, 1.165) is 17.2 Å². The van der Waals surface area contributed by atoms with E-state index >= 15 is 0 Å². The van der Waals surface area contributed by atoms with E-state index < -0.39 is 10.0 Å². The smallest absolute Gasteiger partial charge is 0.271 e. The highest BCUT2D eigenvalue weighted by Crippen LogP contribution is 2.31. The molecule has 2 aromatic heterocycles. The molecule has 3 aromatic rings. The first-order chi connectivity index (χ1) is 11.4. The number of aromatic amines is 1. The van der Waals surface area contributed by atoms with Crippen LogP contribution >= 0.6 is 22.9 Å². The minimum atomic E-state index is -3.71. The van der Waals surface area contributed by atoms with E-state index in [4.69, 9.17) is 11.6 Å². The molecule has 0 saturated carbocycles. The lowest BCUT2D eigenvalue weighted by Gasteiger charge is -2.09. The molecule has 2 N–H and O–H groups in total. The monoisotopic (exact) mass is 382 g/mol. The van der Waals surface area contributed by atoms with Crippen molar-refractivity contribution in [3.05, 3.63) is 46.6 Å². The van der Waals surface area contributed by atoms with Gasteiger partial charge >= 0.3 is 0 Å². The molecule has 0 aliphatic carbocycles. The fourth-order valence-electron chi connectivity index (χ4n) is 2.06. The summed E-state index contributed by atoms with van der Waals surface area (Å²) in [5.41, 5.74) is 1.02. The van der Waals surface area contributed by atoms with E-state index in [1.54, 1.807) is 30.3 Å². The molecule has 0 spiro atoms. The fourth-order valence-corrected chi connectivity index (χ4v) is 4.62. The number of benzene rings is 1. The highest BCUT2D eigenvalue weighted by atomic mass is 35.5. The number of hydrogen-bond donors (Lipinski definition) is 2. The summed E-state index contributed by atoms with van der Waals surface area (Å²) in [6.07, 6.45) is 0. The average molecular weight is 383 g/mol. The van der Waals surface area contributed by atoms with Gasteiger partial charge < -0.3 is 0 Å². The lowest BCUT2D eigenvalue weighted by Crippen LogP contribution is -2.12. The third-order valence-electron chi connectivity index (χ3n) is 3.28. The third kappa shape index (κ3) is 3.45. The van der Waals surface area contributed by atoms with Crippen LogP contribution in [-0.2, 0) is 10.0 Å². The van der Waals surface area contributed by atoms with E-state index in [2.05, 4.69) is 19.9 Å². The van der Waals surface area contributed by atoms with Crippen molar-refractivity contribution in [2.24, 2.45) is 0 Å². The molecule has 0 aliphatic heterocycles. The Kier molecular flexibility index (Phi) is 4.62. The van der Waals surface area contributed by atoms with Gasteiger partial charge in [0.15, 0.2) is 5.82 Å². The van der Waals surface area contributed by atoms with Gasteiger partial charge in [-0.2, -0.15) is 5.10 Å². The Morgan fingerprint density at radius 3 is 2.58 bits per heavy atom. The predicted octanol–water partition coefficient (Wildman–Crippen LogP) is 4.11. The van der Waals surface area contributed by atoms with Crippen molar-refractivity contribution >= 4 is 38.6 Å². The van der Waals surface area contributed by atoms with Crippen molar-refractivity contribution in [3.63, 3.8) is 0 Å². The van der Waals surface area contributed by atoms with Crippen LogP contribution in [0.25, 0.3) is 11.4 Å². The lowest BCUT2D eigenvalue weighted by atomic mass is 10.1. The SMILES string of the molecule is CC(C)c1nc(-c2ccccc2NS(=O)(=O)c2ccc(Cl)s2)n[nH]1. The summed E-state index contributed by atoms with van der Waals surface area (Å²) in [4.78, 5) is 4.43. The third-order valence-corrected chi connectivity index (χ3v) is 6.36. The predicted molar refractivity (Wildman–Crippen MR) is 96.0 cm³/mol. The number of anilines is 1. The Labute approximate surface area is 149 Å². The second-order valence-corrected chi connectivity index (χ2v) is 9.03. The first-order valence-corrected chi connectivity index (χ1v) is 9.84. The van der Waals surface area contributed by atoms with Crippen molar-refractivity contribution in [1.82, 2.24) is 15.2 Å². The Bertz CT molecular complexity index is 963. The minimum Gasteiger partial charge on any atom is -0.278 e. The fraction of sp³-hybridized carbons (Fsp3) is 0.200. The van der Waals surface area contributed by atoms with E-state index in [0.29, 0.717) is 21.4 Å². The molecule has 24 heavy (non-hydrogen) atoms. The van der Waals surface area contributed by atoms with E-state index in [9.17, 15) is 8.42 Å². The molecule has 0 unspecified atom stereocenters. The molecule has 2 heterocycles. The number of nitrogens with zero attached hydrogens (tertiary/aromatic N) is 2. The zero-order valence-electron chi connectivity index (χ0n) is 12.9. The van der Waals surface area contributed by atoms with Crippen LogP contribution in [0.2, 0.25) is 4.34 Å². The molecule has 0 radical (unpaired) electrons. The topological polar surface area (TPSA) is 87.7 Å². The van der Waals surface area contributed by atoms with Gasteiger partial charge in [0.2, 0.25) is 0 Å². The Hall–Kier alpha value is -1.90. The van der Waals surface area contributed by atoms with Crippen LogP contribution < -0.4 is 4.72 Å². The molecule has 0 saturated heterocycles. The minimum absolute atomic E-state index is 0.153. The number of H-pyrrole nitrogens is 1. The standard InChI is InChI=1S/C15H15ClN4O2S2/c1-9(2)14-17-15(19-18-14)10-5-3-4-6-11(10)20-24(21,22)13-8-7-12(16)23-13/h3-9,20H,1-2H3,(H,17,18,19). The normalized spacial score (nSPS) is 11.8. The van der Waals surface area contributed by atoms with Gasteiger partial charge in [-0.25, -0.2) is 13.4 Å². The Morgan fingerprint density at radius 2 is 1.96 bits per heavy atom. The zero-order valence-corrected chi connectivity index (χ0v) is 15.3. The molecule has 3 rings (SSSR count). The van der Waals surface area contributed by atoms with Crippen molar-refractivity contribution in [3.8, 4) is 11.4 Å². The first kappa shape index (κ1) is 16.9. The molecule has 6 nitrogen and oxygen atoms in total. The first-order valence-electron chi connectivity index (χ1n) is 7.16. The molecule has 0 fully saturated rings. The van der Waals surface area contributed by atoms with Crippen LogP contribution in [0, 0.1) is 0 Å². The highest BCUT2D eigenvalue weighted by molar-refractivity contribution is 7.94. The molecule has 126 valence electrons. The van der Waals surface area contributed by atoms with Crippen LogP contribution in [0.15, 0.2) is 40.6 Å². The van der Waals surface area contributed by atoms with Gasteiger partial charge in [0.25, 0.3) is 10.0 Å². The highest BCUT2D eigenvalue weighted by Gasteiger charge is 2.20. The van der Waals surface area contributed by atoms with Crippen LogP contribution in [-0.4, -0.2) is 23.6 Å². The van der Waals surface area contributed by atoms with Crippen LogP contribution in [0.3, 0.4) is 0 Å². The summed E-state index contributed by atoms with van der Waals surface area (Å²) in [6, 6.07) is 10.0. The number of sulfonamides is 1. The average Bonchev–Trinajstić information content (AvgIpc) is 3.16. The molecule has 0 aliphatic rings. The molecule has 9 heteroatoms. The summed E-state index contributed by atoms with van der Waals surface area (Å²) >= 11 is 6.83. The molecular formula is C15H15ClN4O2S2. The number of rotatable bonds is 5. The van der Waals surface area contributed by atoms with Crippen molar-refractivity contribution in [2.45, 2.75) is 24.0 Å². The Balaban J connectivity index is 1.97. The number of para-hydroxylation sites is 1. The maximum absolute atomic E-state index is 12.5. The number of aromatic nitrogens is 3. The van der Waals surface area contributed by atoms with Crippen LogP contribution in [0.1, 0.15) is 25.6 Å². The van der Waals surface area contributed by atoms with Gasteiger partial charge in [0.05, 0.1) is 10.0 Å². The quantitative estimate of drug-likeness (QED) is 0.695. The van der Waals surface area contributed by atoms with Gasteiger partial charge in [0.1, 0.15) is 10.0 Å². The second-order valence-electron chi connectivity index (χ2n) is 5.41. The maximum Gasteiger partial charge on any atom is 0.271 e. The van der Waals surface area contributed by atoms with Gasteiger partial charge in [-0.15, -0.1) is 11.3 Å². The Morgan fingerprint density at radius 1 is 1.21 bits per heavy atom. The number of halogens is 1. The number of hydrogen-bond acceptors (Lipinski definition) is 5. The summed E-state index contributed by atoms with van der Waals surface area (Å²) in [7, 11) is -3.71. The number of nitrogens with one attached hydrogen (secondary N) is 2. The molecular weight excluding hydrogens is 368 g/mol. The van der Waals surface area contributed by atoms with Gasteiger partial charge in [-0.3, -0.25) is 9.82 Å². The van der Waals surface area contributed by atoms with Gasteiger partial charge in [0, 0.05) is 11.5 Å². The maximum atomic E-state index is 12.5. The van der Waals surface area contributed by atoms with Gasteiger partial charge in [-0.05, 0) is 24.3 Å². The summed E-state index contributed by atoms with van der Waals surface area (Å²) in [5.74, 6) is 1.39. The number of thiophene rings is 1. The summed E-state index contributed by atoms with van der Waals surface area (Å²) < 4.78 is 28.2. The van der Waals surface area contributed by atoms with Crippen molar-refractivity contribution in [2.75, 3.05) is 4.72 Å². The molecule has 0 amide bonds. The second kappa shape index (κ2) is 6.54. The zero-order chi connectivity index (χ0) is 17.3. The summed E-state index contributed by atoms with van der Waals surface area (Å²) in [5, 5.41) is 7.06. The van der Waals surface area contributed by atoms with Crippen LogP contribution in [0.5, 0.6) is 0 Å². The van der Waals surface area contributed by atoms with E-state index in [1.165, 1.54) is 6.07 Å². The molecule has 0 bridgehead atoms. The van der Waals surface area contributed by atoms with Crippen molar-refractivity contribution < 1.29 is 8.42 Å².